The first-order valence-corrected chi connectivity index (χ1v) is 6.92. The van der Waals surface area contributed by atoms with Crippen LogP contribution in [0.3, 0.4) is 0 Å². The first-order valence-electron chi connectivity index (χ1n) is 4.87. The van der Waals surface area contributed by atoms with Gasteiger partial charge in [0.25, 0.3) is 0 Å². The Morgan fingerprint density at radius 2 is 2.06 bits per heavy atom. The van der Waals surface area contributed by atoms with Crippen LogP contribution >= 0.6 is 48.0 Å². The van der Waals surface area contributed by atoms with Crippen molar-refractivity contribution in [2.75, 3.05) is 12.4 Å². The summed E-state index contributed by atoms with van der Waals surface area (Å²) in [6, 6.07) is 7.57. The number of aromatic amines is 1. The number of anilines is 1. The Morgan fingerprint density at radius 3 is 2.39 bits per heavy atom. The third kappa shape index (κ3) is 4.45. The fraction of sp³-hybridized carbons (Fsp3) is 0.0909. The molecule has 0 bridgehead atoms. The van der Waals surface area contributed by atoms with Gasteiger partial charge in [-0.2, -0.15) is 0 Å². The van der Waals surface area contributed by atoms with Crippen LogP contribution in [0.15, 0.2) is 28.5 Å². The number of hydrogen-bond acceptors (Lipinski definition) is 5. The number of benzene rings is 1. The molecule has 0 amide bonds. The normalized spacial score (nSPS) is 9.28. The summed E-state index contributed by atoms with van der Waals surface area (Å²) in [6.07, 6.45) is 0.706. The predicted molar refractivity (Wildman–Crippen MR) is 83.1 cm³/mol. The zero-order valence-electron chi connectivity index (χ0n) is 9.44. The number of rotatable bonds is 2. The molecule has 2 aromatic rings. The molecular formula is C11H11ClN2OS3. The monoisotopic (exact) mass is 318 g/mol. The van der Waals surface area contributed by atoms with E-state index in [1.54, 1.807) is 0 Å². The molecule has 0 atom stereocenters. The molecule has 2 N–H and O–H groups in total. The molecule has 3 nitrogen and oxygen atoms in total. The minimum Gasteiger partial charge on any atom is -0.388 e. The molecule has 0 radical (unpaired) electrons. The quantitative estimate of drug-likeness (QED) is 0.440. The molecule has 2 rings (SSSR count). The van der Waals surface area contributed by atoms with Crippen LogP contribution in [0.2, 0.25) is 5.02 Å². The van der Waals surface area contributed by atoms with Crippen molar-refractivity contribution in [2.24, 2.45) is 0 Å². The summed E-state index contributed by atoms with van der Waals surface area (Å²) in [5.74, 6) is 0. The molecule has 0 saturated heterocycles. The zero-order chi connectivity index (χ0) is 13.5. The predicted octanol–water partition coefficient (Wildman–Crippen LogP) is 4.29. The maximum absolute atomic E-state index is 10.2. The molecule has 0 fully saturated rings. The minimum atomic E-state index is 0.472. The van der Waals surface area contributed by atoms with Gasteiger partial charge in [-0.3, -0.25) is 4.79 Å². The second-order valence-corrected chi connectivity index (χ2v) is 5.54. The van der Waals surface area contributed by atoms with Crippen molar-refractivity contribution in [1.29, 1.82) is 0 Å². The summed E-state index contributed by atoms with van der Waals surface area (Å²) in [5.41, 5.74) is 1.57. The summed E-state index contributed by atoms with van der Waals surface area (Å²) in [6.45, 7) is 0. The molecule has 0 unspecified atom stereocenters. The van der Waals surface area contributed by atoms with Crippen LogP contribution < -0.4 is 5.32 Å². The van der Waals surface area contributed by atoms with E-state index >= 15 is 0 Å². The van der Waals surface area contributed by atoms with E-state index in [1.807, 2.05) is 31.3 Å². The number of carbonyl (C=O) groups is 1. The van der Waals surface area contributed by atoms with Gasteiger partial charge in [0, 0.05) is 17.8 Å². The van der Waals surface area contributed by atoms with Crippen LogP contribution in [0.4, 0.5) is 5.69 Å². The fourth-order valence-electron chi connectivity index (χ4n) is 1.02. The number of thiol groups is 1. The van der Waals surface area contributed by atoms with Crippen molar-refractivity contribution in [2.45, 2.75) is 4.21 Å². The van der Waals surface area contributed by atoms with Gasteiger partial charge in [-0.15, -0.1) is 12.6 Å². The maximum Gasteiger partial charge on any atom is 0.155 e. The molecule has 18 heavy (non-hydrogen) atoms. The Labute approximate surface area is 125 Å². The van der Waals surface area contributed by atoms with Gasteiger partial charge in [0.1, 0.15) is 4.64 Å². The van der Waals surface area contributed by atoms with Gasteiger partial charge in [-0.1, -0.05) is 35.4 Å². The van der Waals surface area contributed by atoms with Crippen LogP contribution in [-0.4, -0.2) is 17.7 Å². The lowest BCUT2D eigenvalue weighted by Gasteiger charge is -1.96. The largest absolute Gasteiger partial charge is 0.388 e. The zero-order valence-corrected chi connectivity index (χ0v) is 12.7. The van der Waals surface area contributed by atoms with Crippen molar-refractivity contribution in [3.8, 4) is 0 Å². The average Bonchev–Trinajstić information content (AvgIpc) is 2.70. The molecule has 0 spiro atoms. The molecule has 0 aliphatic heterocycles. The molecule has 1 aromatic carbocycles. The Balaban J connectivity index is 0.000000180. The number of carbonyl (C=O) groups excluding carboxylic acids is 1. The van der Waals surface area contributed by atoms with Crippen molar-refractivity contribution < 1.29 is 4.79 Å². The number of hydrogen-bond donors (Lipinski definition) is 3. The Hall–Kier alpha value is -0.820. The SMILES string of the molecule is CNc1ccc(Cl)cc1.O=Cc1c(S)s[nH]c1=S. The van der Waals surface area contributed by atoms with Gasteiger partial charge < -0.3 is 9.69 Å². The first-order chi connectivity index (χ1) is 8.58. The maximum atomic E-state index is 10.2. The summed E-state index contributed by atoms with van der Waals surface area (Å²) < 4.78 is 3.86. The van der Waals surface area contributed by atoms with E-state index in [1.165, 1.54) is 11.5 Å². The van der Waals surface area contributed by atoms with Crippen molar-refractivity contribution in [3.05, 3.63) is 39.5 Å². The minimum absolute atomic E-state index is 0.472. The molecule has 7 heteroatoms. The third-order valence-corrected chi connectivity index (χ3v) is 3.90. The second kappa shape index (κ2) is 7.58. The van der Waals surface area contributed by atoms with Crippen molar-refractivity contribution in [3.63, 3.8) is 0 Å². The average molecular weight is 319 g/mol. The number of aldehydes is 1. The van der Waals surface area contributed by atoms with Crippen LogP contribution in [0.1, 0.15) is 10.4 Å². The number of H-pyrrole nitrogens is 1. The molecule has 1 heterocycles. The second-order valence-electron chi connectivity index (χ2n) is 3.13. The van der Waals surface area contributed by atoms with E-state index in [0.29, 0.717) is 20.7 Å². The number of nitrogens with one attached hydrogen (secondary N) is 2. The van der Waals surface area contributed by atoms with E-state index in [-0.39, 0.29) is 0 Å². The molecular weight excluding hydrogens is 308 g/mol. The fourth-order valence-corrected chi connectivity index (χ4v) is 2.42. The Morgan fingerprint density at radius 1 is 1.44 bits per heavy atom. The number of aromatic nitrogens is 1. The van der Waals surface area contributed by atoms with Gasteiger partial charge >= 0.3 is 0 Å². The lowest BCUT2D eigenvalue weighted by Crippen LogP contribution is -1.84. The molecule has 1 aromatic heterocycles. The van der Waals surface area contributed by atoms with E-state index in [0.717, 1.165) is 10.7 Å². The Bertz CT molecular complexity index is 562. The van der Waals surface area contributed by atoms with Crippen LogP contribution in [-0.2, 0) is 0 Å². The Kier molecular flexibility index (Phi) is 6.42. The lowest BCUT2D eigenvalue weighted by atomic mass is 10.3. The van der Waals surface area contributed by atoms with E-state index in [4.69, 9.17) is 23.8 Å². The van der Waals surface area contributed by atoms with Crippen LogP contribution in [0.5, 0.6) is 0 Å². The van der Waals surface area contributed by atoms with Gasteiger partial charge in [-0.25, -0.2) is 0 Å². The highest BCUT2D eigenvalue weighted by molar-refractivity contribution is 7.82. The highest BCUT2D eigenvalue weighted by atomic mass is 35.5. The standard InChI is InChI=1S/C7H8ClN.C4H3NOS3/c1-9-7-4-2-6(8)3-5-7;6-1-2-3(7)5-9-4(2)8/h2-5,9H,1H3;1,8H,(H,5,7). The summed E-state index contributed by atoms with van der Waals surface area (Å²) >= 11 is 15.6. The van der Waals surface area contributed by atoms with Gasteiger partial charge in [-0.05, 0) is 24.3 Å². The molecule has 96 valence electrons. The highest BCUT2D eigenvalue weighted by Gasteiger charge is 2.00. The van der Waals surface area contributed by atoms with Crippen molar-refractivity contribution in [1.82, 2.24) is 4.37 Å². The smallest absolute Gasteiger partial charge is 0.155 e. The lowest BCUT2D eigenvalue weighted by molar-refractivity contribution is 0.112. The van der Waals surface area contributed by atoms with Gasteiger partial charge in [0.15, 0.2) is 6.29 Å². The van der Waals surface area contributed by atoms with Crippen molar-refractivity contribution >= 4 is 60.0 Å². The number of halogens is 1. The van der Waals surface area contributed by atoms with Gasteiger partial charge in [0.2, 0.25) is 0 Å². The van der Waals surface area contributed by atoms with Crippen LogP contribution in [0.25, 0.3) is 0 Å². The van der Waals surface area contributed by atoms with E-state index in [9.17, 15) is 4.79 Å². The highest BCUT2D eigenvalue weighted by Crippen LogP contribution is 2.17. The summed E-state index contributed by atoms with van der Waals surface area (Å²) in [4.78, 5) is 10.2. The van der Waals surface area contributed by atoms with Gasteiger partial charge in [0.05, 0.1) is 9.77 Å². The molecule has 0 aliphatic carbocycles. The third-order valence-electron chi connectivity index (χ3n) is 1.97. The summed E-state index contributed by atoms with van der Waals surface area (Å²) in [5, 5.41) is 3.77. The molecule has 0 aliphatic rings. The van der Waals surface area contributed by atoms with E-state index in [2.05, 4.69) is 22.3 Å². The topological polar surface area (TPSA) is 44.9 Å². The molecule has 0 saturated carbocycles. The first kappa shape index (κ1) is 15.2. The summed E-state index contributed by atoms with van der Waals surface area (Å²) in [7, 11) is 1.88. The van der Waals surface area contributed by atoms with E-state index < -0.39 is 0 Å². The van der Waals surface area contributed by atoms with Crippen LogP contribution in [0, 0.1) is 4.64 Å².